The van der Waals surface area contributed by atoms with E-state index in [0.29, 0.717) is 49.7 Å². The van der Waals surface area contributed by atoms with Crippen LogP contribution in [-0.2, 0) is 4.74 Å². The minimum Gasteiger partial charge on any atom is -0.507 e. The molecular weight excluding hydrogens is 432 g/mol. The number of nitrogens with zero attached hydrogens (tertiary/aromatic N) is 6. The maximum absolute atomic E-state index is 10.4. The second-order valence-electron chi connectivity index (χ2n) is 7.66. The van der Waals surface area contributed by atoms with Crippen molar-refractivity contribution >= 4 is 35.4 Å². The van der Waals surface area contributed by atoms with Gasteiger partial charge < -0.3 is 25.0 Å². The number of morpholine rings is 1. The second-order valence-corrected chi connectivity index (χ2v) is 7.66. The number of phenolic OH excluding ortho intramolecular Hbond substituents is 1. The molecule has 0 radical (unpaired) electrons. The van der Waals surface area contributed by atoms with Gasteiger partial charge in [0, 0.05) is 49.2 Å². The minimum absolute atomic E-state index is 0.158. The summed E-state index contributed by atoms with van der Waals surface area (Å²) in [5.74, 6) is 1.41. The van der Waals surface area contributed by atoms with E-state index in [9.17, 15) is 5.11 Å². The van der Waals surface area contributed by atoms with Crippen LogP contribution >= 0.6 is 0 Å². The van der Waals surface area contributed by atoms with E-state index in [1.807, 2.05) is 47.4 Å². The van der Waals surface area contributed by atoms with Crippen molar-refractivity contribution < 1.29 is 9.84 Å². The van der Waals surface area contributed by atoms with Crippen LogP contribution in [0.4, 0.5) is 29.2 Å². The summed E-state index contributed by atoms with van der Waals surface area (Å²) in [5, 5.41) is 17.9. The molecule has 0 saturated carbocycles. The van der Waals surface area contributed by atoms with Crippen molar-refractivity contribution in [1.29, 1.82) is 0 Å². The second kappa shape index (κ2) is 11.3. The van der Waals surface area contributed by atoms with Crippen molar-refractivity contribution in [3.8, 4) is 5.75 Å². The molecule has 0 spiro atoms. The smallest absolute Gasteiger partial charge is 0.250 e. The third-order valence-electron chi connectivity index (χ3n) is 5.46. The predicted octanol–water partition coefficient (Wildman–Crippen LogP) is 3.45. The van der Waals surface area contributed by atoms with Gasteiger partial charge in [0.15, 0.2) is 0 Å². The number of hydrazone groups is 1. The Labute approximate surface area is 199 Å². The Morgan fingerprint density at radius 1 is 1.03 bits per heavy atom. The van der Waals surface area contributed by atoms with Crippen LogP contribution in [0.3, 0.4) is 0 Å². The number of aromatic nitrogens is 3. The fourth-order valence-corrected chi connectivity index (χ4v) is 3.61. The van der Waals surface area contributed by atoms with Crippen LogP contribution in [0, 0.1) is 0 Å². The van der Waals surface area contributed by atoms with Crippen molar-refractivity contribution in [2.75, 3.05) is 59.9 Å². The fourth-order valence-electron chi connectivity index (χ4n) is 3.61. The Morgan fingerprint density at radius 3 is 2.47 bits per heavy atom. The van der Waals surface area contributed by atoms with E-state index in [1.165, 1.54) is 0 Å². The Kier molecular flexibility index (Phi) is 7.71. The lowest BCUT2D eigenvalue weighted by atomic mass is 10.2. The number of anilines is 5. The summed E-state index contributed by atoms with van der Waals surface area (Å²) in [5.41, 5.74) is 5.30. The Bertz CT molecular complexity index is 1100. The topological polar surface area (TPSA) is 111 Å². The molecule has 0 unspecified atom stereocenters. The highest BCUT2D eigenvalue weighted by Gasteiger charge is 2.17. The molecule has 1 aliphatic heterocycles. The highest BCUT2D eigenvalue weighted by molar-refractivity contribution is 5.84. The molecule has 0 amide bonds. The summed E-state index contributed by atoms with van der Waals surface area (Å²) in [6, 6.07) is 15.3. The molecular formula is C24H30N8O2. The first-order valence-corrected chi connectivity index (χ1v) is 11.4. The number of phenols is 1. The maximum atomic E-state index is 10.4. The van der Waals surface area contributed by atoms with Gasteiger partial charge in [-0.1, -0.05) is 18.2 Å². The summed E-state index contributed by atoms with van der Waals surface area (Å²) in [6.07, 6.45) is 1.55. The largest absolute Gasteiger partial charge is 0.507 e. The molecule has 3 N–H and O–H groups in total. The summed E-state index contributed by atoms with van der Waals surface area (Å²) in [7, 11) is 0. The van der Waals surface area contributed by atoms with Crippen molar-refractivity contribution in [2.45, 2.75) is 13.8 Å². The first-order valence-electron chi connectivity index (χ1n) is 11.4. The molecule has 1 aromatic heterocycles. The Balaban J connectivity index is 1.53. The molecule has 0 aliphatic carbocycles. The van der Waals surface area contributed by atoms with Gasteiger partial charge in [0.25, 0.3) is 0 Å². The van der Waals surface area contributed by atoms with Crippen molar-refractivity contribution in [3.63, 3.8) is 0 Å². The van der Waals surface area contributed by atoms with Gasteiger partial charge in [-0.05, 0) is 38.1 Å². The number of para-hydroxylation sites is 1. The summed E-state index contributed by atoms with van der Waals surface area (Å²) < 4.78 is 5.45. The molecule has 10 nitrogen and oxygen atoms in total. The van der Waals surface area contributed by atoms with Crippen LogP contribution in [-0.4, -0.2) is 65.7 Å². The van der Waals surface area contributed by atoms with Gasteiger partial charge in [-0.2, -0.15) is 20.1 Å². The third-order valence-corrected chi connectivity index (χ3v) is 5.46. The Hall–Kier alpha value is -3.92. The number of aromatic hydroxyl groups is 1. The molecule has 2 heterocycles. The van der Waals surface area contributed by atoms with Crippen LogP contribution in [0.2, 0.25) is 0 Å². The molecule has 34 heavy (non-hydrogen) atoms. The van der Waals surface area contributed by atoms with E-state index in [-0.39, 0.29) is 5.75 Å². The van der Waals surface area contributed by atoms with Gasteiger partial charge in [0.1, 0.15) is 5.75 Å². The zero-order valence-corrected chi connectivity index (χ0v) is 19.5. The van der Waals surface area contributed by atoms with E-state index in [4.69, 9.17) is 4.74 Å². The van der Waals surface area contributed by atoms with Crippen molar-refractivity contribution in [1.82, 2.24) is 15.0 Å². The lowest BCUT2D eigenvalue weighted by Crippen LogP contribution is -2.37. The van der Waals surface area contributed by atoms with E-state index < -0.39 is 0 Å². The monoisotopic (exact) mass is 462 g/mol. The van der Waals surface area contributed by atoms with E-state index in [2.05, 4.69) is 49.5 Å². The van der Waals surface area contributed by atoms with Crippen molar-refractivity contribution in [2.24, 2.45) is 5.10 Å². The number of nitrogens with one attached hydrogen (secondary N) is 2. The van der Waals surface area contributed by atoms with E-state index >= 15 is 0 Å². The summed E-state index contributed by atoms with van der Waals surface area (Å²) in [4.78, 5) is 17.8. The van der Waals surface area contributed by atoms with Gasteiger partial charge in [-0.15, -0.1) is 0 Å². The predicted molar refractivity (Wildman–Crippen MR) is 135 cm³/mol. The zero-order valence-electron chi connectivity index (χ0n) is 19.5. The summed E-state index contributed by atoms with van der Waals surface area (Å²) >= 11 is 0. The van der Waals surface area contributed by atoms with Crippen LogP contribution in [0.1, 0.15) is 19.4 Å². The van der Waals surface area contributed by atoms with Gasteiger partial charge in [-0.25, -0.2) is 5.43 Å². The van der Waals surface area contributed by atoms with Gasteiger partial charge in [0.2, 0.25) is 17.8 Å². The molecule has 0 atom stereocenters. The molecule has 1 aliphatic rings. The first-order chi connectivity index (χ1) is 16.7. The maximum Gasteiger partial charge on any atom is 0.250 e. The molecule has 3 aromatic rings. The molecule has 178 valence electrons. The molecule has 1 saturated heterocycles. The minimum atomic E-state index is 0.158. The van der Waals surface area contributed by atoms with Crippen LogP contribution in [0.25, 0.3) is 0 Å². The standard InChI is InChI=1S/C24H30N8O2/c1-3-31(4-2)20-11-10-18(21(33)16-20)17-25-30-23-27-22(26-19-8-6-5-7-9-19)28-24(29-23)32-12-14-34-15-13-32/h5-11,16-17,33H,3-4,12-15H2,1-2H3,(H2,26,27,28,29,30). The van der Waals surface area contributed by atoms with Crippen molar-refractivity contribution in [3.05, 3.63) is 54.1 Å². The van der Waals surface area contributed by atoms with Crippen LogP contribution in [0.15, 0.2) is 53.6 Å². The van der Waals surface area contributed by atoms with Crippen LogP contribution in [0.5, 0.6) is 5.75 Å². The molecule has 10 heteroatoms. The number of rotatable bonds is 9. The van der Waals surface area contributed by atoms with Gasteiger partial charge >= 0.3 is 0 Å². The van der Waals surface area contributed by atoms with E-state index in [0.717, 1.165) is 24.5 Å². The fraction of sp³-hybridized carbons (Fsp3) is 0.333. The lowest BCUT2D eigenvalue weighted by Gasteiger charge is -2.27. The Morgan fingerprint density at radius 2 is 1.76 bits per heavy atom. The molecule has 4 rings (SSSR count). The molecule has 2 aromatic carbocycles. The highest BCUT2D eigenvalue weighted by Crippen LogP contribution is 2.24. The quantitative estimate of drug-likeness (QED) is 0.325. The highest BCUT2D eigenvalue weighted by atomic mass is 16.5. The average Bonchev–Trinajstić information content (AvgIpc) is 2.87. The average molecular weight is 463 g/mol. The summed E-state index contributed by atoms with van der Waals surface area (Å²) in [6.45, 7) is 8.55. The normalized spacial score (nSPS) is 13.8. The number of benzene rings is 2. The third kappa shape index (κ3) is 5.90. The number of hydrogen-bond donors (Lipinski definition) is 3. The van der Waals surface area contributed by atoms with E-state index in [1.54, 1.807) is 12.3 Å². The number of ether oxygens (including phenoxy) is 1. The molecule has 1 fully saturated rings. The van der Waals surface area contributed by atoms with Gasteiger partial charge in [0.05, 0.1) is 19.4 Å². The number of hydrogen-bond acceptors (Lipinski definition) is 10. The van der Waals surface area contributed by atoms with Crippen LogP contribution < -0.4 is 20.5 Å². The first kappa shape index (κ1) is 23.2. The lowest BCUT2D eigenvalue weighted by molar-refractivity contribution is 0.122. The SMILES string of the molecule is CCN(CC)c1ccc(C=NNc2nc(Nc3ccccc3)nc(N3CCOCC3)n2)c(O)c1. The van der Waals surface area contributed by atoms with Gasteiger partial charge in [-0.3, -0.25) is 0 Å². The zero-order chi connectivity index (χ0) is 23.8. The molecule has 0 bridgehead atoms.